The third-order valence-electron chi connectivity index (χ3n) is 6.94. The van der Waals surface area contributed by atoms with Crippen LogP contribution in [0.2, 0.25) is 0 Å². The molecule has 1 aromatic carbocycles. The molecule has 1 aromatic heterocycles. The fraction of sp³-hybridized carbons (Fsp3) is 0.500. The van der Waals surface area contributed by atoms with Gasteiger partial charge in [-0.1, -0.05) is 36.8 Å². The van der Waals surface area contributed by atoms with Crippen LogP contribution in [-0.2, 0) is 9.59 Å². The second-order valence-electron chi connectivity index (χ2n) is 8.63. The monoisotopic (exact) mass is 425 g/mol. The standard InChI is InChI=1S/C22H23N3O2S2/c26-20-18-12-5-6-13(9-12)19(18)21(27)25(20)11-23-14-7-8-16-17(10-14)29-22(24-16)28-15-3-1-2-4-15/h5-8,10,12-13,15,18-19,23H,1-4,9,11H2/t12-,13-,18-,19+/m0/s1. The lowest BCUT2D eigenvalue weighted by atomic mass is 9.85. The minimum absolute atomic E-state index is 0.00142. The summed E-state index contributed by atoms with van der Waals surface area (Å²) in [5, 5.41) is 4.01. The first-order chi connectivity index (χ1) is 14.2. The van der Waals surface area contributed by atoms with Gasteiger partial charge in [0.25, 0.3) is 0 Å². The fourth-order valence-corrected chi connectivity index (χ4v) is 8.11. The molecule has 0 spiro atoms. The van der Waals surface area contributed by atoms with Crippen molar-refractivity contribution in [1.82, 2.24) is 9.88 Å². The first kappa shape index (κ1) is 18.0. The number of carbonyl (C=O) groups excluding carboxylic acids is 2. The smallest absolute Gasteiger partial charge is 0.235 e. The van der Waals surface area contributed by atoms with Crippen molar-refractivity contribution >= 4 is 50.8 Å². The third-order valence-corrected chi connectivity index (χ3v) is 9.39. The second kappa shape index (κ2) is 6.84. The van der Waals surface area contributed by atoms with E-state index < -0.39 is 0 Å². The summed E-state index contributed by atoms with van der Waals surface area (Å²) in [6.45, 7) is 0.248. The van der Waals surface area contributed by atoms with Crippen molar-refractivity contribution < 1.29 is 9.59 Å². The van der Waals surface area contributed by atoms with Gasteiger partial charge in [-0.3, -0.25) is 14.5 Å². The minimum Gasteiger partial charge on any atom is -0.367 e. The maximum Gasteiger partial charge on any atom is 0.235 e. The molecule has 2 amide bonds. The fourth-order valence-electron chi connectivity index (χ4n) is 5.50. The summed E-state index contributed by atoms with van der Waals surface area (Å²) in [7, 11) is 0. The molecule has 2 bridgehead atoms. The predicted molar refractivity (Wildman–Crippen MR) is 116 cm³/mol. The van der Waals surface area contributed by atoms with Gasteiger partial charge in [0.1, 0.15) is 0 Å². The number of anilines is 1. The number of carbonyl (C=O) groups is 2. The van der Waals surface area contributed by atoms with E-state index in [0.717, 1.165) is 26.7 Å². The maximum absolute atomic E-state index is 12.8. The molecule has 2 heterocycles. The molecule has 4 aliphatic rings. The average molecular weight is 426 g/mol. The summed E-state index contributed by atoms with van der Waals surface area (Å²) in [5.74, 6) is 0.264. The Morgan fingerprint density at radius 1 is 1.10 bits per heavy atom. The van der Waals surface area contributed by atoms with Crippen molar-refractivity contribution in [1.29, 1.82) is 0 Å². The van der Waals surface area contributed by atoms with Gasteiger partial charge in [0.15, 0.2) is 4.34 Å². The van der Waals surface area contributed by atoms with Crippen molar-refractivity contribution in [3.8, 4) is 0 Å². The van der Waals surface area contributed by atoms with Crippen LogP contribution in [0.15, 0.2) is 34.7 Å². The Labute approximate surface area is 177 Å². The summed E-state index contributed by atoms with van der Waals surface area (Å²) in [4.78, 5) is 31.8. The molecule has 6 rings (SSSR count). The van der Waals surface area contributed by atoms with E-state index in [4.69, 9.17) is 4.98 Å². The first-order valence-electron chi connectivity index (χ1n) is 10.5. The molecule has 29 heavy (non-hydrogen) atoms. The van der Waals surface area contributed by atoms with E-state index in [1.807, 2.05) is 23.9 Å². The molecular weight excluding hydrogens is 402 g/mol. The summed E-state index contributed by atoms with van der Waals surface area (Å²) in [5.41, 5.74) is 1.95. The predicted octanol–water partition coefficient (Wildman–Crippen LogP) is 4.51. The number of hydrogen-bond acceptors (Lipinski definition) is 6. The molecule has 7 heteroatoms. The summed E-state index contributed by atoms with van der Waals surface area (Å²) in [6.07, 6.45) is 10.5. The molecule has 150 valence electrons. The number of thiazole rings is 1. The normalized spacial score (nSPS) is 30.8. The molecule has 2 aromatic rings. The van der Waals surface area contributed by atoms with Gasteiger partial charge in [-0.05, 0) is 49.3 Å². The van der Waals surface area contributed by atoms with Gasteiger partial charge in [-0.15, -0.1) is 11.3 Å². The lowest BCUT2D eigenvalue weighted by molar-refractivity contribution is -0.140. The molecule has 0 radical (unpaired) electrons. The van der Waals surface area contributed by atoms with Crippen LogP contribution in [0.3, 0.4) is 0 Å². The molecule has 1 saturated heterocycles. The lowest BCUT2D eigenvalue weighted by Crippen LogP contribution is -2.37. The molecule has 1 N–H and O–H groups in total. The molecule has 2 saturated carbocycles. The second-order valence-corrected chi connectivity index (χ2v) is 11.2. The number of rotatable bonds is 5. The van der Waals surface area contributed by atoms with Crippen molar-refractivity contribution in [2.75, 3.05) is 12.0 Å². The number of fused-ring (bicyclic) bond motifs is 6. The van der Waals surface area contributed by atoms with Crippen LogP contribution in [0.4, 0.5) is 5.69 Å². The Morgan fingerprint density at radius 2 is 1.83 bits per heavy atom. The van der Waals surface area contributed by atoms with Crippen LogP contribution in [-0.4, -0.2) is 33.6 Å². The van der Waals surface area contributed by atoms with E-state index in [-0.39, 0.29) is 42.2 Å². The lowest BCUT2D eigenvalue weighted by Gasteiger charge is -2.18. The van der Waals surface area contributed by atoms with Crippen LogP contribution >= 0.6 is 23.1 Å². The minimum atomic E-state index is -0.126. The Bertz CT molecular complexity index is 996. The Kier molecular flexibility index (Phi) is 4.24. The number of thioether (sulfide) groups is 1. The number of likely N-dealkylation sites (tertiary alicyclic amines) is 1. The zero-order valence-electron chi connectivity index (χ0n) is 16.0. The van der Waals surface area contributed by atoms with Crippen LogP contribution in [0.1, 0.15) is 32.1 Å². The number of hydrogen-bond donors (Lipinski definition) is 1. The van der Waals surface area contributed by atoms with Gasteiger partial charge in [0, 0.05) is 10.9 Å². The molecule has 3 aliphatic carbocycles. The highest BCUT2D eigenvalue weighted by Gasteiger charge is 2.59. The number of nitrogens with one attached hydrogen (secondary N) is 1. The van der Waals surface area contributed by atoms with E-state index in [2.05, 4.69) is 23.5 Å². The average Bonchev–Trinajstić information content (AvgIpc) is 3.51. The zero-order valence-corrected chi connectivity index (χ0v) is 17.7. The van der Waals surface area contributed by atoms with E-state index in [1.165, 1.54) is 30.6 Å². The summed E-state index contributed by atoms with van der Waals surface area (Å²) < 4.78 is 2.29. The number of aromatic nitrogens is 1. The van der Waals surface area contributed by atoms with E-state index in [0.29, 0.717) is 5.25 Å². The van der Waals surface area contributed by atoms with Crippen LogP contribution in [0.5, 0.6) is 0 Å². The van der Waals surface area contributed by atoms with Gasteiger partial charge in [-0.25, -0.2) is 4.98 Å². The van der Waals surface area contributed by atoms with Gasteiger partial charge in [0.2, 0.25) is 11.8 Å². The highest BCUT2D eigenvalue weighted by Crippen LogP contribution is 2.52. The van der Waals surface area contributed by atoms with Gasteiger partial charge < -0.3 is 5.32 Å². The van der Waals surface area contributed by atoms with Crippen molar-refractivity contribution in [2.24, 2.45) is 23.7 Å². The van der Waals surface area contributed by atoms with Crippen molar-refractivity contribution in [3.05, 3.63) is 30.4 Å². The SMILES string of the molecule is O=C1[C@@H]2[C@H](C(=O)N1CNc1ccc3nc(SC4CCCC4)sc3c1)[C@H]1C=C[C@H]2C1. The van der Waals surface area contributed by atoms with E-state index >= 15 is 0 Å². The number of imide groups is 1. The first-order valence-corrected chi connectivity index (χ1v) is 12.2. The summed E-state index contributed by atoms with van der Waals surface area (Å²) >= 11 is 3.65. The van der Waals surface area contributed by atoms with Crippen LogP contribution in [0.25, 0.3) is 10.2 Å². The molecule has 5 nitrogen and oxygen atoms in total. The molecule has 1 aliphatic heterocycles. The third kappa shape index (κ3) is 2.93. The number of amides is 2. The van der Waals surface area contributed by atoms with Crippen LogP contribution < -0.4 is 5.32 Å². The quantitative estimate of drug-likeness (QED) is 0.564. The van der Waals surface area contributed by atoms with Crippen molar-refractivity contribution in [2.45, 2.75) is 41.7 Å². The van der Waals surface area contributed by atoms with Gasteiger partial charge in [0.05, 0.1) is 28.7 Å². The number of benzene rings is 1. The van der Waals surface area contributed by atoms with E-state index in [9.17, 15) is 9.59 Å². The summed E-state index contributed by atoms with van der Waals surface area (Å²) in [6, 6.07) is 6.10. The zero-order chi connectivity index (χ0) is 19.5. The van der Waals surface area contributed by atoms with E-state index in [1.54, 1.807) is 11.3 Å². The molecule has 4 atom stereocenters. The maximum atomic E-state index is 12.8. The highest BCUT2D eigenvalue weighted by atomic mass is 32.2. The Hall–Kier alpha value is -1.86. The van der Waals surface area contributed by atoms with Gasteiger partial charge >= 0.3 is 0 Å². The molecule has 0 unspecified atom stereocenters. The van der Waals surface area contributed by atoms with Crippen molar-refractivity contribution in [3.63, 3.8) is 0 Å². The number of nitrogens with zero attached hydrogens (tertiary/aromatic N) is 2. The molecular formula is C22H23N3O2S2. The highest BCUT2D eigenvalue weighted by molar-refractivity contribution is 8.01. The molecule has 3 fully saturated rings. The van der Waals surface area contributed by atoms with Crippen LogP contribution in [0, 0.1) is 23.7 Å². The van der Waals surface area contributed by atoms with Gasteiger partial charge in [-0.2, -0.15) is 0 Å². The topological polar surface area (TPSA) is 62.3 Å². The Morgan fingerprint density at radius 3 is 2.55 bits per heavy atom. The Balaban J connectivity index is 1.15. The number of allylic oxidation sites excluding steroid dienone is 2. The largest absolute Gasteiger partial charge is 0.367 e.